The van der Waals surface area contributed by atoms with Gasteiger partial charge in [-0.3, -0.25) is 0 Å². The van der Waals surface area contributed by atoms with Gasteiger partial charge in [0.15, 0.2) is 0 Å². The topological polar surface area (TPSA) is 12.0 Å². The molecule has 0 radical (unpaired) electrons. The van der Waals surface area contributed by atoms with E-state index in [4.69, 9.17) is 0 Å². The molecule has 0 aromatic carbocycles. The highest BCUT2D eigenvalue weighted by Crippen LogP contribution is 2.03. The zero-order chi connectivity index (χ0) is 9.40. The number of hydrogen-bond donors (Lipinski definition) is 1. The Morgan fingerprint density at radius 1 is 1.50 bits per heavy atom. The molecular formula is C10H18BrN. The van der Waals surface area contributed by atoms with Crippen molar-refractivity contribution in [1.29, 1.82) is 0 Å². The second-order valence-electron chi connectivity index (χ2n) is 3.11. The fraction of sp³-hybridized carbons (Fsp3) is 0.600. The van der Waals surface area contributed by atoms with E-state index in [1.165, 1.54) is 11.1 Å². The van der Waals surface area contributed by atoms with Gasteiger partial charge in [-0.1, -0.05) is 33.2 Å². The van der Waals surface area contributed by atoms with Gasteiger partial charge in [0.05, 0.1) is 5.45 Å². The van der Waals surface area contributed by atoms with Gasteiger partial charge in [-0.2, -0.15) is 0 Å². The van der Waals surface area contributed by atoms with Crippen molar-refractivity contribution in [3.05, 3.63) is 23.8 Å². The van der Waals surface area contributed by atoms with Crippen LogP contribution in [0.5, 0.6) is 0 Å². The van der Waals surface area contributed by atoms with Crippen molar-refractivity contribution in [2.45, 2.75) is 26.7 Å². The summed E-state index contributed by atoms with van der Waals surface area (Å²) in [5.41, 5.74) is 3.52. The summed E-state index contributed by atoms with van der Waals surface area (Å²) in [6.45, 7) is 9.05. The molecule has 12 heavy (non-hydrogen) atoms. The molecule has 1 N–H and O–H groups in total. The van der Waals surface area contributed by atoms with Gasteiger partial charge >= 0.3 is 0 Å². The Bertz CT molecular complexity index is 161. The molecule has 0 aliphatic rings. The summed E-state index contributed by atoms with van der Waals surface area (Å²) in [6, 6.07) is 0. The highest BCUT2D eigenvalue weighted by atomic mass is 79.9. The zero-order valence-electron chi connectivity index (χ0n) is 7.99. The van der Waals surface area contributed by atoms with Crippen LogP contribution in [0.2, 0.25) is 0 Å². The maximum absolute atomic E-state index is 3.86. The fourth-order valence-electron chi connectivity index (χ4n) is 0.882. The molecule has 0 bridgehead atoms. The lowest BCUT2D eigenvalue weighted by molar-refractivity contribution is 0.850. The van der Waals surface area contributed by atoms with E-state index < -0.39 is 0 Å². The van der Waals surface area contributed by atoms with E-state index in [-0.39, 0.29) is 0 Å². The molecule has 0 saturated carbocycles. The number of rotatable bonds is 6. The number of hydrogen-bond acceptors (Lipinski definition) is 1. The Morgan fingerprint density at radius 2 is 2.17 bits per heavy atom. The Kier molecular flexibility index (Phi) is 7.51. The lowest BCUT2D eigenvalue weighted by atomic mass is 10.1. The van der Waals surface area contributed by atoms with Crippen molar-refractivity contribution in [3.8, 4) is 0 Å². The largest absolute Gasteiger partial charge is 0.304 e. The van der Waals surface area contributed by atoms with Crippen molar-refractivity contribution in [2.75, 3.05) is 12.0 Å². The number of nitrogens with one attached hydrogen (secondary N) is 1. The SMILES string of the molecule is C=C(C)CCC=C(C)CNCBr. The smallest absolute Gasteiger partial charge is 0.0519 e. The molecular weight excluding hydrogens is 214 g/mol. The van der Waals surface area contributed by atoms with Crippen LogP contribution < -0.4 is 5.32 Å². The third-order valence-electron chi connectivity index (χ3n) is 1.56. The fourth-order valence-corrected chi connectivity index (χ4v) is 1.08. The van der Waals surface area contributed by atoms with Crippen LogP contribution in [0, 0.1) is 0 Å². The highest BCUT2D eigenvalue weighted by Gasteiger charge is 1.88. The summed E-state index contributed by atoms with van der Waals surface area (Å²) < 4.78 is 0. The minimum atomic E-state index is 0.860. The molecule has 0 unspecified atom stereocenters. The van der Waals surface area contributed by atoms with Crippen LogP contribution in [-0.2, 0) is 0 Å². The van der Waals surface area contributed by atoms with Crippen molar-refractivity contribution in [1.82, 2.24) is 5.32 Å². The predicted molar refractivity (Wildman–Crippen MR) is 59.6 cm³/mol. The maximum atomic E-state index is 3.86. The molecule has 0 fully saturated rings. The molecule has 1 nitrogen and oxygen atoms in total. The van der Waals surface area contributed by atoms with E-state index in [2.05, 4.69) is 47.7 Å². The van der Waals surface area contributed by atoms with E-state index in [1.807, 2.05) is 0 Å². The summed E-state index contributed by atoms with van der Waals surface area (Å²) in [5, 5.41) is 3.21. The summed E-state index contributed by atoms with van der Waals surface area (Å²) in [4.78, 5) is 0. The van der Waals surface area contributed by atoms with Gasteiger partial charge in [0.25, 0.3) is 0 Å². The lowest BCUT2D eigenvalue weighted by Crippen LogP contribution is -2.12. The molecule has 0 saturated heterocycles. The van der Waals surface area contributed by atoms with Crippen LogP contribution in [0.4, 0.5) is 0 Å². The minimum Gasteiger partial charge on any atom is -0.304 e. The second-order valence-corrected chi connectivity index (χ2v) is 3.67. The predicted octanol–water partition coefficient (Wildman–Crippen LogP) is 3.23. The van der Waals surface area contributed by atoms with E-state index in [0.29, 0.717) is 0 Å². The van der Waals surface area contributed by atoms with Crippen LogP contribution in [0.25, 0.3) is 0 Å². The molecule has 0 amide bonds. The van der Waals surface area contributed by atoms with Crippen LogP contribution >= 0.6 is 15.9 Å². The summed E-state index contributed by atoms with van der Waals surface area (Å²) >= 11 is 3.32. The first-order valence-electron chi connectivity index (χ1n) is 4.23. The van der Waals surface area contributed by atoms with E-state index >= 15 is 0 Å². The number of halogens is 1. The lowest BCUT2D eigenvalue weighted by Gasteiger charge is -2.01. The van der Waals surface area contributed by atoms with Crippen molar-refractivity contribution < 1.29 is 0 Å². The van der Waals surface area contributed by atoms with Gasteiger partial charge in [-0.25, -0.2) is 0 Å². The zero-order valence-corrected chi connectivity index (χ0v) is 9.58. The molecule has 0 atom stereocenters. The molecule has 0 rings (SSSR count). The Labute approximate surface area is 84.1 Å². The first-order valence-corrected chi connectivity index (χ1v) is 5.35. The standard InChI is InChI=1S/C10H18BrN/c1-9(2)5-4-6-10(3)7-12-8-11/h6,12H,1,4-5,7-8H2,2-3H3. The molecule has 0 spiro atoms. The normalized spacial score (nSPS) is 11.8. The summed E-state index contributed by atoms with van der Waals surface area (Å²) in [7, 11) is 0. The van der Waals surface area contributed by atoms with Crippen molar-refractivity contribution in [2.24, 2.45) is 0 Å². The monoisotopic (exact) mass is 231 g/mol. The second kappa shape index (κ2) is 7.56. The van der Waals surface area contributed by atoms with Gasteiger partial charge in [-0.15, -0.1) is 6.58 Å². The van der Waals surface area contributed by atoms with E-state index in [9.17, 15) is 0 Å². The summed E-state index contributed by atoms with van der Waals surface area (Å²) in [6.07, 6.45) is 4.49. The van der Waals surface area contributed by atoms with Crippen molar-refractivity contribution >= 4 is 15.9 Å². The molecule has 0 aliphatic heterocycles. The van der Waals surface area contributed by atoms with Crippen LogP contribution in [0.3, 0.4) is 0 Å². The van der Waals surface area contributed by atoms with E-state index in [1.54, 1.807) is 0 Å². The number of alkyl halides is 1. The van der Waals surface area contributed by atoms with Gasteiger partial charge in [-0.05, 0) is 26.7 Å². The van der Waals surface area contributed by atoms with Crippen molar-refractivity contribution in [3.63, 3.8) is 0 Å². The third kappa shape index (κ3) is 8.02. The maximum Gasteiger partial charge on any atom is 0.0519 e. The summed E-state index contributed by atoms with van der Waals surface area (Å²) in [5.74, 6) is 0. The third-order valence-corrected chi connectivity index (χ3v) is 1.96. The molecule has 0 aromatic rings. The Hall–Kier alpha value is -0.0800. The van der Waals surface area contributed by atoms with Gasteiger partial charge in [0.1, 0.15) is 0 Å². The van der Waals surface area contributed by atoms with E-state index in [0.717, 1.165) is 24.8 Å². The van der Waals surface area contributed by atoms with Gasteiger partial charge in [0, 0.05) is 6.54 Å². The average molecular weight is 232 g/mol. The van der Waals surface area contributed by atoms with Gasteiger partial charge < -0.3 is 5.32 Å². The van der Waals surface area contributed by atoms with Crippen LogP contribution in [0.1, 0.15) is 26.7 Å². The highest BCUT2D eigenvalue weighted by molar-refractivity contribution is 9.09. The Morgan fingerprint density at radius 3 is 2.67 bits per heavy atom. The molecule has 0 heterocycles. The van der Waals surface area contributed by atoms with Crippen LogP contribution in [0.15, 0.2) is 23.8 Å². The molecule has 70 valence electrons. The average Bonchev–Trinajstić information content (AvgIpc) is 2.00. The number of allylic oxidation sites excluding steroid dienone is 2. The first kappa shape index (κ1) is 11.9. The van der Waals surface area contributed by atoms with Crippen LogP contribution in [-0.4, -0.2) is 12.0 Å². The van der Waals surface area contributed by atoms with Gasteiger partial charge in [0.2, 0.25) is 0 Å². The molecule has 0 aromatic heterocycles. The molecule has 0 aliphatic carbocycles. The molecule has 2 heteroatoms. The Balaban J connectivity index is 3.47. The minimum absolute atomic E-state index is 0.860. The quantitative estimate of drug-likeness (QED) is 0.421. The first-order chi connectivity index (χ1) is 5.66.